The van der Waals surface area contributed by atoms with Gasteiger partial charge in [0.15, 0.2) is 0 Å². The second kappa shape index (κ2) is 6.31. The molecule has 0 aromatic heterocycles. The van der Waals surface area contributed by atoms with Crippen LogP contribution in [0.3, 0.4) is 0 Å². The first-order valence-electron chi connectivity index (χ1n) is 6.55. The third-order valence-corrected chi connectivity index (χ3v) is 4.09. The largest absolute Gasteiger partial charge is 0.496 e. The first-order valence-corrected chi connectivity index (χ1v) is 7.34. The number of aryl methyl sites for hydroxylation is 2. The van der Waals surface area contributed by atoms with E-state index in [-0.39, 0.29) is 0 Å². The monoisotopic (exact) mass is 334 g/mol. The number of methoxy groups -OCH3 is 1. The van der Waals surface area contributed by atoms with Crippen molar-refractivity contribution < 1.29 is 9.47 Å². The van der Waals surface area contributed by atoms with Gasteiger partial charge in [-0.25, -0.2) is 0 Å². The maximum atomic E-state index is 6.00. The standard InChI is InChI=1S/C17H19BrO2/c1-11-5-6-12(2)17(13(11)3)20-10-14-7-8-16(19-4)15(18)9-14/h5-9H,10H2,1-4H3. The van der Waals surface area contributed by atoms with Crippen molar-refractivity contribution in [3.8, 4) is 11.5 Å². The minimum atomic E-state index is 0.549. The second-order valence-electron chi connectivity index (χ2n) is 4.91. The predicted octanol–water partition coefficient (Wildman–Crippen LogP) is 4.96. The summed E-state index contributed by atoms with van der Waals surface area (Å²) in [6, 6.07) is 10.2. The molecule has 0 bridgehead atoms. The summed E-state index contributed by atoms with van der Waals surface area (Å²) >= 11 is 3.49. The van der Waals surface area contributed by atoms with E-state index in [1.54, 1.807) is 7.11 Å². The number of benzene rings is 2. The zero-order chi connectivity index (χ0) is 14.7. The molecular weight excluding hydrogens is 316 g/mol. The molecule has 0 heterocycles. The Balaban J connectivity index is 2.17. The normalized spacial score (nSPS) is 10.4. The van der Waals surface area contributed by atoms with Crippen LogP contribution in [0.4, 0.5) is 0 Å². The summed E-state index contributed by atoms with van der Waals surface area (Å²) in [5.41, 5.74) is 4.73. The first-order chi connectivity index (χ1) is 9.52. The van der Waals surface area contributed by atoms with Gasteiger partial charge in [-0.15, -0.1) is 0 Å². The fraction of sp³-hybridized carbons (Fsp3) is 0.294. The van der Waals surface area contributed by atoms with E-state index in [2.05, 4.69) is 48.8 Å². The fourth-order valence-electron chi connectivity index (χ4n) is 2.10. The SMILES string of the molecule is COc1ccc(COc2c(C)ccc(C)c2C)cc1Br. The third kappa shape index (κ3) is 3.15. The van der Waals surface area contributed by atoms with Crippen molar-refractivity contribution in [1.29, 1.82) is 0 Å². The van der Waals surface area contributed by atoms with E-state index in [9.17, 15) is 0 Å². The van der Waals surface area contributed by atoms with Crippen molar-refractivity contribution >= 4 is 15.9 Å². The quantitative estimate of drug-likeness (QED) is 0.786. The average Bonchev–Trinajstić information content (AvgIpc) is 2.43. The Labute approximate surface area is 128 Å². The van der Waals surface area contributed by atoms with Crippen molar-refractivity contribution in [3.05, 3.63) is 57.1 Å². The van der Waals surface area contributed by atoms with Gasteiger partial charge < -0.3 is 9.47 Å². The number of halogens is 1. The van der Waals surface area contributed by atoms with E-state index in [0.717, 1.165) is 21.5 Å². The number of hydrogen-bond donors (Lipinski definition) is 0. The van der Waals surface area contributed by atoms with Gasteiger partial charge in [0.1, 0.15) is 18.1 Å². The Morgan fingerprint density at radius 1 is 1.00 bits per heavy atom. The topological polar surface area (TPSA) is 18.5 Å². The third-order valence-electron chi connectivity index (χ3n) is 3.47. The van der Waals surface area contributed by atoms with Gasteiger partial charge in [-0.2, -0.15) is 0 Å². The molecule has 0 radical (unpaired) electrons. The molecular formula is C17H19BrO2. The zero-order valence-corrected chi connectivity index (χ0v) is 13.9. The molecule has 0 atom stereocenters. The van der Waals surface area contributed by atoms with Crippen molar-refractivity contribution in [1.82, 2.24) is 0 Å². The summed E-state index contributed by atoms with van der Waals surface area (Å²) in [6.45, 7) is 6.83. The fourth-order valence-corrected chi connectivity index (χ4v) is 2.69. The number of hydrogen-bond acceptors (Lipinski definition) is 2. The molecule has 2 nitrogen and oxygen atoms in total. The maximum Gasteiger partial charge on any atom is 0.133 e. The average molecular weight is 335 g/mol. The summed E-state index contributed by atoms with van der Waals surface area (Å²) < 4.78 is 12.2. The summed E-state index contributed by atoms with van der Waals surface area (Å²) in [7, 11) is 1.66. The molecule has 3 heteroatoms. The molecule has 0 spiro atoms. The van der Waals surface area contributed by atoms with Gasteiger partial charge in [0.25, 0.3) is 0 Å². The van der Waals surface area contributed by atoms with Crippen LogP contribution in [0.25, 0.3) is 0 Å². The molecule has 106 valence electrons. The lowest BCUT2D eigenvalue weighted by atomic mass is 10.1. The van der Waals surface area contributed by atoms with Gasteiger partial charge in [0, 0.05) is 0 Å². The van der Waals surface area contributed by atoms with Crippen LogP contribution < -0.4 is 9.47 Å². The highest BCUT2D eigenvalue weighted by Gasteiger charge is 2.07. The molecule has 0 aliphatic heterocycles. The van der Waals surface area contributed by atoms with Crippen molar-refractivity contribution in [2.24, 2.45) is 0 Å². The van der Waals surface area contributed by atoms with E-state index in [1.165, 1.54) is 16.7 Å². The Kier molecular flexibility index (Phi) is 4.71. The minimum absolute atomic E-state index is 0.549. The van der Waals surface area contributed by atoms with Crippen molar-refractivity contribution in [2.75, 3.05) is 7.11 Å². The molecule has 0 saturated carbocycles. The van der Waals surface area contributed by atoms with Gasteiger partial charge >= 0.3 is 0 Å². The van der Waals surface area contributed by atoms with Crippen LogP contribution in [-0.2, 0) is 6.61 Å². The van der Waals surface area contributed by atoms with Gasteiger partial charge in [0.2, 0.25) is 0 Å². The van der Waals surface area contributed by atoms with Crippen LogP contribution in [0.2, 0.25) is 0 Å². The highest BCUT2D eigenvalue weighted by Crippen LogP contribution is 2.29. The molecule has 2 aromatic carbocycles. The number of ether oxygens (including phenoxy) is 2. The predicted molar refractivity (Wildman–Crippen MR) is 85.7 cm³/mol. The molecule has 0 aliphatic carbocycles. The van der Waals surface area contributed by atoms with Gasteiger partial charge in [-0.3, -0.25) is 0 Å². The van der Waals surface area contributed by atoms with Crippen molar-refractivity contribution in [2.45, 2.75) is 27.4 Å². The summed E-state index contributed by atoms with van der Waals surface area (Å²) in [6.07, 6.45) is 0. The lowest BCUT2D eigenvalue weighted by Crippen LogP contribution is -2.00. The summed E-state index contributed by atoms with van der Waals surface area (Å²) in [5, 5.41) is 0. The molecule has 20 heavy (non-hydrogen) atoms. The summed E-state index contributed by atoms with van der Waals surface area (Å²) in [4.78, 5) is 0. The maximum absolute atomic E-state index is 6.00. The van der Waals surface area contributed by atoms with E-state index >= 15 is 0 Å². The first kappa shape index (κ1) is 14.9. The number of rotatable bonds is 4. The zero-order valence-electron chi connectivity index (χ0n) is 12.3. The van der Waals surface area contributed by atoms with Crippen LogP contribution in [0.1, 0.15) is 22.3 Å². The van der Waals surface area contributed by atoms with Crippen LogP contribution in [0.5, 0.6) is 11.5 Å². The molecule has 0 aliphatic rings. The molecule has 0 saturated heterocycles. The molecule has 2 aromatic rings. The van der Waals surface area contributed by atoms with Gasteiger partial charge in [-0.1, -0.05) is 18.2 Å². The van der Waals surface area contributed by atoms with Crippen LogP contribution in [0.15, 0.2) is 34.8 Å². The highest BCUT2D eigenvalue weighted by atomic mass is 79.9. The Bertz CT molecular complexity index is 621. The molecule has 2 rings (SSSR count). The second-order valence-corrected chi connectivity index (χ2v) is 5.77. The highest BCUT2D eigenvalue weighted by molar-refractivity contribution is 9.10. The lowest BCUT2D eigenvalue weighted by Gasteiger charge is -2.14. The molecule has 0 N–H and O–H groups in total. The van der Waals surface area contributed by atoms with Crippen LogP contribution >= 0.6 is 15.9 Å². The van der Waals surface area contributed by atoms with E-state index < -0.39 is 0 Å². The van der Waals surface area contributed by atoms with Gasteiger partial charge in [0.05, 0.1) is 11.6 Å². The summed E-state index contributed by atoms with van der Waals surface area (Å²) in [5.74, 6) is 1.81. The van der Waals surface area contributed by atoms with Gasteiger partial charge in [-0.05, 0) is 71.1 Å². The molecule has 0 fully saturated rings. The van der Waals surface area contributed by atoms with E-state index in [4.69, 9.17) is 9.47 Å². The molecule has 0 amide bonds. The smallest absolute Gasteiger partial charge is 0.133 e. The van der Waals surface area contributed by atoms with Crippen LogP contribution in [-0.4, -0.2) is 7.11 Å². The van der Waals surface area contributed by atoms with Crippen LogP contribution in [0, 0.1) is 20.8 Å². The Morgan fingerprint density at radius 2 is 1.70 bits per heavy atom. The van der Waals surface area contributed by atoms with Crippen molar-refractivity contribution in [3.63, 3.8) is 0 Å². The minimum Gasteiger partial charge on any atom is -0.496 e. The molecule has 0 unspecified atom stereocenters. The van der Waals surface area contributed by atoms with E-state index in [1.807, 2.05) is 18.2 Å². The van der Waals surface area contributed by atoms with E-state index in [0.29, 0.717) is 6.61 Å². The Hall–Kier alpha value is -1.48. The Morgan fingerprint density at radius 3 is 2.35 bits per heavy atom. The lowest BCUT2D eigenvalue weighted by molar-refractivity contribution is 0.301.